The van der Waals surface area contributed by atoms with E-state index >= 15 is 0 Å². The highest BCUT2D eigenvalue weighted by Crippen LogP contribution is 2.08. The molecule has 19 heavy (non-hydrogen) atoms. The van der Waals surface area contributed by atoms with Gasteiger partial charge in [0.05, 0.1) is 0 Å². The van der Waals surface area contributed by atoms with Crippen molar-refractivity contribution in [1.29, 1.82) is 0 Å². The number of carbonyl (C=O) groups is 3. The number of esters is 1. The summed E-state index contributed by atoms with van der Waals surface area (Å²) in [6.45, 7) is 0.984. The van der Waals surface area contributed by atoms with E-state index in [0.29, 0.717) is 5.69 Å². The maximum absolute atomic E-state index is 11.6. The molecule has 1 rings (SSSR count). The van der Waals surface area contributed by atoms with Crippen molar-refractivity contribution >= 4 is 23.5 Å². The largest absolute Gasteiger partial charge is 0.478 e. The highest BCUT2D eigenvalue weighted by atomic mass is 16.6. The first-order valence-corrected chi connectivity index (χ1v) is 5.36. The lowest BCUT2D eigenvalue weighted by Crippen LogP contribution is -2.45. The molecule has 0 aliphatic rings. The summed E-state index contributed by atoms with van der Waals surface area (Å²) in [5.41, 5.74) is 0.388. The van der Waals surface area contributed by atoms with Crippen LogP contribution in [0.1, 0.15) is 6.92 Å². The van der Waals surface area contributed by atoms with E-state index in [-0.39, 0.29) is 0 Å². The van der Waals surface area contributed by atoms with Crippen molar-refractivity contribution in [3.05, 3.63) is 30.3 Å². The number of carbonyl (C=O) groups excluding carboxylic acids is 2. The van der Waals surface area contributed by atoms with Gasteiger partial charge < -0.3 is 20.3 Å². The van der Waals surface area contributed by atoms with E-state index in [4.69, 9.17) is 5.11 Å². The molecule has 0 fully saturated rings. The zero-order valence-electron chi connectivity index (χ0n) is 10.1. The van der Waals surface area contributed by atoms with Crippen LogP contribution in [0.25, 0.3) is 0 Å². The summed E-state index contributed by atoms with van der Waals surface area (Å²) >= 11 is 0. The number of benzene rings is 1. The fourth-order valence-corrected chi connectivity index (χ4v) is 1.30. The number of ether oxygens (including phenoxy) is 1. The molecule has 7 nitrogen and oxygen atoms in total. The minimum absolute atomic E-state index is 0.388. The third-order valence-electron chi connectivity index (χ3n) is 2.13. The summed E-state index contributed by atoms with van der Waals surface area (Å²) in [4.78, 5) is 33.2. The average Bonchev–Trinajstić information content (AvgIpc) is 2.35. The second-order valence-electron chi connectivity index (χ2n) is 3.67. The molecule has 2 atom stereocenters. The Bertz CT molecular complexity index is 472. The predicted octanol–water partition coefficient (Wildman–Crippen LogP) is 0.00230. The van der Waals surface area contributed by atoms with E-state index in [0.717, 1.165) is 6.92 Å². The minimum Gasteiger partial charge on any atom is -0.478 e. The molecule has 1 aromatic rings. The highest BCUT2D eigenvalue weighted by Gasteiger charge is 2.35. The van der Waals surface area contributed by atoms with Crippen LogP contribution < -0.4 is 5.32 Å². The predicted molar refractivity (Wildman–Crippen MR) is 64.3 cm³/mol. The summed E-state index contributed by atoms with van der Waals surface area (Å²) in [6.07, 6.45) is -3.94. The number of rotatable bonds is 5. The van der Waals surface area contributed by atoms with Gasteiger partial charge in [0, 0.05) is 12.6 Å². The van der Waals surface area contributed by atoms with E-state index in [1.165, 1.54) is 0 Å². The maximum Gasteiger partial charge on any atom is 0.348 e. The number of aliphatic carboxylic acids is 1. The van der Waals surface area contributed by atoms with Gasteiger partial charge in [0.25, 0.3) is 5.91 Å². The Hall–Kier alpha value is -2.41. The third kappa shape index (κ3) is 4.40. The summed E-state index contributed by atoms with van der Waals surface area (Å²) in [7, 11) is 0. The van der Waals surface area contributed by atoms with E-state index in [9.17, 15) is 19.5 Å². The Morgan fingerprint density at radius 2 is 1.79 bits per heavy atom. The lowest BCUT2D eigenvalue weighted by molar-refractivity contribution is -0.171. The SMILES string of the molecule is CC(=O)OC(C(=O)O)C(O)C(=O)Nc1ccccc1. The smallest absolute Gasteiger partial charge is 0.348 e. The van der Waals surface area contributed by atoms with E-state index < -0.39 is 30.1 Å². The van der Waals surface area contributed by atoms with Crippen LogP contribution in [0.2, 0.25) is 0 Å². The Morgan fingerprint density at radius 1 is 1.21 bits per heavy atom. The second-order valence-corrected chi connectivity index (χ2v) is 3.67. The van der Waals surface area contributed by atoms with Gasteiger partial charge >= 0.3 is 11.9 Å². The van der Waals surface area contributed by atoms with Crippen LogP contribution in [0.15, 0.2) is 30.3 Å². The fraction of sp³-hybridized carbons (Fsp3) is 0.250. The van der Waals surface area contributed by atoms with Crippen LogP contribution in [0.4, 0.5) is 5.69 Å². The van der Waals surface area contributed by atoms with Crippen LogP contribution in [0.3, 0.4) is 0 Å². The summed E-state index contributed by atoms with van der Waals surface area (Å²) in [5.74, 6) is -3.48. The number of hydrogen-bond donors (Lipinski definition) is 3. The van der Waals surface area contributed by atoms with Crippen molar-refractivity contribution in [3.8, 4) is 0 Å². The molecular weight excluding hydrogens is 254 g/mol. The van der Waals surface area contributed by atoms with Gasteiger partial charge in [-0.25, -0.2) is 4.79 Å². The number of amides is 1. The van der Waals surface area contributed by atoms with Gasteiger partial charge in [0.1, 0.15) is 0 Å². The molecule has 3 N–H and O–H groups in total. The van der Waals surface area contributed by atoms with Crippen molar-refractivity contribution in [1.82, 2.24) is 0 Å². The van der Waals surface area contributed by atoms with E-state index in [2.05, 4.69) is 10.1 Å². The van der Waals surface area contributed by atoms with Crippen molar-refractivity contribution in [3.63, 3.8) is 0 Å². The van der Waals surface area contributed by atoms with Gasteiger partial charge in [0.15, 0.2) is 6.10 Å². The molecule has 0 aliphatic carbocycles. The van der Waals surface area contributed by atoms with Crippen LogP contribution in [-0.4, -0.2) is 40.3 Å². The quantitative estimate of drug-likeness (QED) is 0.647. The van der Waals surface area contributed by atoms with Gasteiger partial charge in [-0.2, -0.15) is 0 Å². The first-order valence-electron chi connectivity index (χ1n) is 5.36. The first-order chi connectivity index (χ1) is 8.91. The fourth-order valence-electron chi connectivity index (χ4n) is 1.30. The number of carboxylic acid groups (broad SMARTS) is 1. The van der Waals surface area contributed by atoms with Crippen molar-refractivity contribution < 1.29 is 29.3 Å². The Balaban J connectivity index is 2.73. The van der Waals surface area contributed by atoms with Gasteiger partial charge in [-0.1, -0.05) is 18.2 Å². The summed E-state index contributed by atoms with van der Waals surface area (Å²) in [6, 6.07) is 8.16. The molecule has 0 heterocycles. The number of aliphatic hydroxyl groups is 1. The van der Waals surface area contributed by atoms with E-state index in [1.54, 1.807) is 30.3 Å². The van der Waals surface area contributed by atoms with Gasteiger partial charge in [0.2, 0.25) is 6.10 Å². The van der Waals surface area contributed by atoms with Crippen LogP contribution in [0.5, 0.6) is 0 Å². The monoisotopic (exact) mass is 267 g/mol. The van der Waals surface area contributed by atoms with Crippen molar-refractivity contribution in [2.75, 3.05) is 5.32 Å². The van der Waals surface area contributed by atoms with Gasteiger partial charge in [-0.05, 0) is 12.1 Å². The standard InChI is InChI=1S/C12H13NO6/c1-7(14)19-10(12(17)18)9(15)11(16)13-8-5-3-2-4-6-8/h2-6,9-10,15H,1H3,(H,13,16)(H,17,18). The molecule has 0 bridgehead atoms. The number of nitrogens with one attached hydrogen (secondary N) is 1. The molecule has 0 aliphatic heterocycles. The van der Waals surface area contributed by atoms with Gasteiger partial charge in [-0.15, -0.1) is 0 Å². The molecule has 0 saturated carbocycles. The molecule has 1 aromatic carbocycles. The zero-order chi connectivity index (χ0) is 14.4. The van der Waals surface area contributed by atoms with E-state index in [1.807, 2.05) is 0 Å². The molecule has 0 radical (unpaired) electrons. The average molecular weight is 267 g/mol. The molecule has 7 heteroatoms. The van der Waals surface area contributed by atoms with Crippen molar-refractivity contribution in [2.45, 2.75) is 19.1 Å². The minimum atomic E-state index is -2.00. The molecule has 2 unspecified atom stereocenters. The molecular formula is C12H13NO6. The molecule has 1 amide bonds. The highest BCUT2D eigenvalue weighted by molar-refractivity contribution is 5.97. The second kappa shape index (κ2) is 6.50. The Labute approximate surface area is 108 Å². The topological polar surface area (TPSA) is 113 Å². The lowest BCUT2D eigenvalue weighted by atomic mass is 10.2. The number of hydrogen-bond acceptors (Lipinski definition) is 5. The molecule has 0 saturated heterocycles. The Kier molecular flexibility index (Phi) is 5.01. The molecule has 102 valence electrons. The normalized spacial score (nSPS) is 13.2. The molecule has 0 spiro atoms. The zero-order valence-corrected chi connectivity index (χ0v) is 10.1. The first kappa shape index (κ1) is 14.7. The summed E-state index contributed by atoms with van der Waals surface area (Å²) < 4.78 is 4.38. The maximum atomic E-state index is 11.6. The number of para-hydroxylation sites is 1. The Morgan fingerprint density at radius 3 is 2.26 bits per heavy atom. The van der Waals surface area contributed by atoms with Gasteiger partial charge in [-0.3, -0.25) is 9.59 Å². The number of carboxylic acids is 1. The van der Waals surface area contributed by atoms with Crippen LogP contribution in [0, 0.1) is 0 Å². The number of anilines is 1. The van der Waals surface area contributed by atoms with Crippen molar-refractivity contribution in [2.24, 2.45) is 0 Å². The third-order valence-corrected chi connectivity index (χ3v) is 2.13. The van der Waals surface area contributed by atoms with Crippen LogP contribution in [-0.2, 0) is 19.1 Å². The summed E-state index contributed by atoms with van der Waals surface area (Å²) in [5, 5.41) is 20.7. The number of aliphatic hydroxyl groups excluding tert-OH is 1. The molecule has 0 aromatic heterocycles. The lowest BCUT2D eigenvalue weighted by Gasteiger charge is -2.18. The van der Waals surface area contributed by atoms with Crippen LogP contribution >= 0.6 is 0 Å².